The minimum Gasteiger partial charge on any atom is -0.394 e. The number of rotatable bonds is 6. The third-order valence-electron chi connectivity index (χ3n) is 6.15. The third kappa shape index (κ3) is 3.86. The lowest BCUT2D eigenvalue weighted by Crippen LogP contribution is -2.50. The van der Waals surface area contributed by atoms with E-state index in [0.717, 1.165) is 5.56 Å². The van der Waals surface area contributed by atoms with Crippen LogP contribution in [0.5, 0.6) is 0 Å². The third-order valence-corrected chi connectivity index (χ3v) is 6.15. The Hall–Kier alpha value is -2.67. The second kappa shape index (κ2) is 9.00. The Morgan fingerprint density at radius 2 is 1.80 bits per heavy atom. The second-order valence-corrected chi connectivity index (χ2v) is 8.45. The van der Waals surface area contributed by atoms with Crippen molar-refractivity contribution >= 4 is 17.7 Å². The Labute approximate surface area is 177 Å². The minimum atomic E-state index is -0.793. The predicted octanol–water partition coefficient (Wildman–Crippen LogP) is 1.26. The molecule has 0 aromatic heterocycles. The molecule has 1 fully saturated rings. The van der Waals surface area contributed by atoms with Crippen LogP contribution in [-0.2, 0) is 14.4 Å². The van der Waals surface area contributed by atoms with E-state index in [2.05, 4.69) is 10.6 Å². The Morgan fingerprint density at radius 3 is 2.37 bits per heavy atom. The number of nitrogens with zero attached hydrogens (tertiary/aromatic N) is 1. The van der Waals surface area contributed by atoms with Gasteiger partial charge in [-0.05, 0) is 25.3 Å². The van der Waals surface area contributed by atoms with Gasteiger partial charge in [0.25, 0.3) is 0 Å². The van der Waals surface area contributed by atoms with Crippen molar-refractivity contribution in [3.05, 3.63) is 48.0 Å². The molecule has 1 aliphatic carbocycles. The predicted molar refractivity (Wildman–Crippen MR) is 113 cm³/mol. The summed E-state index contributed by atoms with van der Waals surface area (Å²) in [5, 5.41) is 15.8. The van der Waals surface area contributed by atoms with Crippen LogP contribution < -0.4 is 10.6 Å². The van der Waals surface area contributed by atoms with Crippen molar-refractivity contribution in [2.24, 2.45) is 23.7 Å². The van der Waals surface area contributed by atoms with Gasteiger partial charge in [0.05, 0.1) is 24.5 Å². The molecule has 0 spiro atoms. The molecule has 0 radical (unpaired) electrons. The van der Waals surface area contributed by atoms with Gasteiger partial charge in [0.1, 0.15) is 6.04 Å². The molecule has 3 amide bonds. The summed E-state index contributed by atoms with van der Waals surface area (Å²) in [5.41, 5.74) is 0.753. The van der Waals surface area contributed by atoms with Crippen molar-refractivity contribution in [3.63, 3.8) is 0 Å². The van der Waals surface area contributed by atoms with E-state index < -0.39 is 29.8 Å². The van der Waals surface area contributed by atoms with E-state index in [4.69, 9.17) is 0 Å². The number of carbonyl (C=O) groups is 3. The monoisotopic (exact) mass is 413 g/mol. The molecule has 1 saturated heterocycles. The Balaban J connectivity index is 2.10. The summed E-state index contributed by atoms with van der Waals surface area (Å²) in [7, 11) is 1.56. The molecular formula is C23H31N3O4. The second-order valence-electron chi connectivity index (χ2n) is 8.45. The molecule has 1 heterocycles. The zero-order valence-corrected chi connectivity index (χ0v) is 17.9. The van der Waals surface area contributed by atoms with Crippen molar-refractivity contribution in [1.82, 2.24) is 15.5 Å². The molecule has 0 unspecified atom stereocenters. The number of aliphatic hydroxyl groups is 1. The molecule has 3 N–H and O–H groups in total. The van der Waals surface area contributed by atoms with Crippen molar-refractivity contribution in [1.29, 1.82) is 0 Å². The van der Waals surface area contributed by atoms with Crippen LogP contribution in [0.3, 0.4) is 0 Å². The number of likely N-dealkylation sites (tertiary alicyclic amines) is 1. The molecule has 30 heavy (non-hydrogen) atoms. The molecule has 1 aromatic rings. The molecular weight excluding hydrogens is 382 g/mol. The summed E-state index contributed by atoms with van der Waals surface area (Å²) in [4.78, 5) is 41.1. The van der Waals surface area contributed by atoms with E-state index in [1.165, 1.54) is 4.90 Å². The molecule has 3 rings (SSSR count). The topological polar surface area (TPSA) is 98.7 Å². The van der Waals surface area contributed by atoms with Crippen LogP contribution in [0.2, 0.25) is 0 Å². The number of allylic oxidation sites excluding steroid dienone is 1. The van der Waals surface area contributed by atoms with E-state index >= 15 is 0 Å². The van der Waals surface area contributed by atoms with Gasteiger partial charge in [0.2, 0.25) is 17.7 Å². The number of hydrogen-bond donors (Lipinski definition) is 3. The average molecular weight is 414 g/mol. The maximum Gasteiger partial charge on any atom is 0.243 e. The number of carbonyl (C=O) groups excluding carboxylic acids is 3. The van der Waals surface area contributed by atoms with Crippen LogP contribution in [0.4, 0.5) is 0 Å². The van der Waals surface area contributed by atoms with Gasteiger partial charge in [-0.3, -0.25) is 14.4 Å². The molecule has 1 aromatic carbocycles. The highest BCUT2D eigenvalue weighted by Gasteiger charge is 2.58. The quantitative estimate of drug-likeness (QED) is 0.612. The zero-order valence-electron chi connectivity index (χ0n) is 17.9. The zero-order chi connectivity index (χ0) is 22.0. The fourth-order valence-electron chi connectivity index (χ4n) is 4.84. The SMILES string of the molecule is CNC(=O)[C@H]1[C@@H]2C(=O)N([C@H](CO)c3ccccc3)[C@H](C(=O)NC(C)C)[C@H]2C=C[C@H]1C. The average Bonchev–Trinajstić information content (AvgIpc) is 3.01. The Morgan fingerprint density at radius 1 is 1.13 bits per heavy atom. The van der Waals surface area contributed by atoms with Gasteiger partial charge in [-0.2, -0.15) is 0 Å². The highest BCUT2D eigenvalue weighted by molar-refractivity contribution is 5.97. The van der Waals surface area contributed by atoms with Crippen LogP contribution in [-0.4, -0.2) is 53.5 Å². The first-order valence-corrected chi connectivity index (χ1v) is 10.5. The number of hydrogen-bond acceptors (Lipinski definition) is 4. The van der Waals surface area contributed by atoms with E-state index in [9.17, 15) is 19.5 Å². The fraction of sp³-hybridized carbons (Fsp3) is 0.522. The van der Waals surface area contributed by atoms with Gasteiger partial charge in [-0.25, -0.2) is 0 Å². The number of fused-ring (bicyclic) bond motifs is 1. The molecule has 0 bridgehead atoms. The summed E-state index contributed by atoms with van der Waals surface area (Å²) >= 11 is 0. The number of amides is 3. The lowest BCUT2D eigenvalue weighted by Gasteiger charge is -2.34. The molecule has 7 heteroatoms. The van der Waals surface area contributed by atoms with E-state index in [0.29, 0.717) is 0 Å². The first-order chi connectivity index (χ1) is 14.3. The summed E-state index contributed by atoms with van der Waals surface area (Å²) in [6.07, 6.45) is 3.82. The normalized spacial score (nSPS) is 28.9. The van der Waals surface area contributed by atoms with E-state index in [-0.39, 0.29) is 36.3 Å². The fourth-order valence-corrected chi connectivity index (χ4v) is 4.84. The van der Waals surface area contributed by atoms with Crippen molar-refractivity contribution in [3.8, 4) is 0 Å². The van der Waals surface area contributed by atoms with Gasteiger partial charge in [0, 0.05) is 19.0 Å². The first kappa shape index (κ1) is 22.0. The number of nitrogens with one attached hydrogen (secondary N) is 2. The first-order valence-electron chi connectivity index (χ1n) is 10.5. The minimum absolute atomic E-state index is 0.0981. The molecule has 2 aliphatic rings. The number of benzene rings is 1. The van der Waals surface area contributed by atoms with Crippen LogP contribution in [0.25, 0.3) is 0 Å². The molecule has 162 valence electrons. The maximum absolute atomic E-state index is 13.7. The van der Waals surface area contributed by atoms with Gasteiger partial charge in [-0.15, -0.1) is 0 Å². The molecule has 6 atom stereocenters. The highest BCUT2D eigenvalue weighted by atomic mass is 16.3. The summed E-state index contributed by atoms with van der Waals surface area (Å²) in [6, 6.07) is 7.65. The van der Waals surface area contributed by atoms with Crippen LogP contribution in [0.1, 0.15) is 32.4 Å². The van der Waals surface area contributed by atoms with Gasteiger partial charge < -0.3 is 20.6 Å². The Bertz CT molecular complexity index is 823. The maximum atomic E-state index is 13.7. The molecule has 7 nitrogen and oxygen atoms in total. The van der Waals surface area contributed by atoms with E-state index in [1.807, 2.05) is 63.3 Å². The smallest absolute Gasteiger partial charge is 0.243 e. The summed E-state index contributed by atoms with van der Waals surface area (Å²) in [6.45, 7) is 5.32. The standard InChI is InChI=1S/C23H31N3O4/c1-13(2)25-22(29)20-16-11-10-14(3)18(21(28)24-4)19(16)23(30)26(20)17(12-27)15-8-6-5-7-9-15/h5-11,13-14,16-20,27H,12H2,1-4H3,(H,24,28)(H,25,29)/t14-,16+,17-,18-,19-,20+/m1/s1. The number of aliphatic hydroxyl groups excluding tert-OH is 1. The van der Waals surface area contributed by atoms with Gasteiger partial charge >= 0.3 is 0 Å². The largest absolute Gasteiger partial charge is 0.394 e. The highest BCUT2D eigenvalue weighted by Crippen LogP contribution is 2.46. The van der Waals surface area contributed by atoms with Crippen molar-refractivity contribution in [2.75, 3.05) is 13.7 Å². The van der Waals surface area contributed by atoms with Crippen LogP contribution in [0, 0.1) is 23.7 Å². The summed E-state index contributed by atoms with van der Waals surface area (Å²) in [5.74, 6) is -2.52. The van der Waals surface area contributed by atoms with Gasteiger partial charge in [-0.1, -0.05) is 49.4 Å². The molecule has 0 saturated carbocycles. The van der Waals surface area contributed by atoms with Crippen LogP contribution >= 0.6 is 0 Å². The van der Waals surface area contributed by atoms with Crippen molar-refractivity contribution < 1.29 is 19.5 Å². The summed E-state index contributed by atoms with van der Waals surface area (Å²) < 4.78 is 0. The Kier molecular flexibility index (Phi) is 6.61. The lowest BCUT2D eigenvalue weighted by atomic mass is 9.70. The van der Waals surface area contributed by atoms with Crippen molar-refractivity contribution in [2.45, 2.75) is 38.9 Å². The van der Waals surface area contributed by atoms with Crippen LogP contribution in [0.15, 0.2) is 42.5 Å². The van der Waals surface area contributed by atoms with Gasteiger partial charge in [0.15, 0.2) is 0 Å². The molecule has 1 aliphatic heterocycles. The van der Waals surface area contributed by atoms with E-state index in [1.54, 1.807) is 7.05 Å². The lowest BCUT2D eigenvalue weighted by molar-refractivity contribution is -0.143.